The average molecular weight is 260 g/mol. The molecule has 0 radical (unpaired) electrons. The Hall–Kier alpha value is -1.85. The van der Waals surface area contributed by atoms with Crippen LogP contribution in [-0.4, -0.2) is 18.9 Å². The van der Waals surface area contributed by atoms with E-state index in [1.54, 1.807) is 0 Å². The van der Waals surface area contributed by atoms with Gasteiger partial charge < -0.3 is 4.74 Å². The molecule has 0 aliphatic heterocycles. The molecule has 1 aromatic rings. The SMILES string of the molecule is COC(=O)C(C)C(=O)Cc1cc(F)c(F)cc1F. The van der Waals surface area contributed by atoms with E-state index in [4.69, 9.17) is 0 Å². The molecule has 98 valence electrons. The minimum absolute atomic E-state index is 0.297. The van der Waals surface area contributed by atoms with Gasteiger partial charge in [0.25, 0.3) is 0 Å². The van der Waals surface area contributed by atoms with Crippen molar-refractivity contribution >= 4 is 11.8 Å². The van der Waals surface area contributed by atoms with E-state index in [0.717, 1.165) is 7.11 Å². The fraction of sp³-hybridized carbons (Fsp3) is 0.333. The Kier molecular flexibility index (Phi) is 4.47. The number of esters is 1. The molecular formula is C12H11F3O3. The van der Waals surface area contributed by atoms with Gasteiger partial charge in [0.1, 0.15) is 11.7 Å². The van der Waals surface area contributed by atoms with E-state index in [9.17, 15) is 22.8 Å². The van der Waals surface area contributed by atoms with Gasteiger partial charge in [-0.1, -0.05) is 0 Å². The van der Waals surface area contributed by atoms with Gasteiger partial charge in [-0.3, -0.25) is 9.59 Å². The number of methoxy groups -OCH3 is 1. The van der Waals surface area contributed by atoms with Gasteiger partial charge in [-0.25, -0.2) is 13.2 Å². The molecule has 3 nitrogen and oxygen atoms in total. The monoisotopic (exact) mass is 260 g/mol. The molecule has 0 N–H and O–H groups in total. The molecule has 0 saturated heterocycles. The predicted octanol–water partition coefficient (Wildman–Crippen LogP) is 2.02. The largest absolute Gasteiger partial charge is 0.468 e. The number of ketones is 1. The van der Waals surface area contributed by atoms with Crippen molar-refractivity contribution in [1.29, 1.82) is 0 Å². The number of ether oxygens (including phenoxy) is 1. The molecule has 1 unspecified atom stereocenters. The highest BCUT2D eigenvalue weighted by Crippen LogP contribution is 2.16. The number of Topliss-reactive ketones (excluding diaryl/α,β-unsaturated/α-hetero) is 1. The zero-order valence-electron chi connectivity index (χ0n) is 9.80. The lowest BCUT2D eigenvalue weighted by Crippen LogP contribution is -2.24. The molecule has 0 aliphatic carbocycles. The maximum absolute atomic E-state index is 13.3. The zero-order chi connectivity index (χ0) is 13.9. The number of carbonyl (C=O) groups is 2. The van der Waals surface area contributed by atoms with Crippen molar-refractivity contribution in [3.05, 3.63) is 35.1 Å². The van der Waals surface area contributed by atoms with Crippen LogP contribution < -0.4 is 0 Å². The quantitative estimate of drug-likeness (QED) is 0.472. The van der Waals surface area contributed by atoms with Crippen molar-refractivity contribution in [3.8, 4) is 0 Å². The van der Waals surface area contributed by atoms with Crippen molar-refractivity contribution < 1.29 is 27.5 Å². The molecule has 18 heavy (non-hydrogen) atoms. The van der Waals surface area contributed by atoms with E-state index >= 15 is 0 Å². The standard InChI is InChI=1S/C12H11F3O3/c1-6(12(17)18-2)11(16)4-7-3-9(14)10(15)5-8(7)13/h3,5-6H,4H2,1-2H3. The van der Waals surface area contributed by atoms with Crippen LogP contribution in [0.15, 0.2) is 12.1 Å². The maximum atomic E-state index is 13.3. The van der Waals surface area contributed by atoms with E-state index in [1.165, 1.54) is 6.92 Å². The minimum Gasteiger partial charge on any atom is -0.468 e. The number of hydrogen-bond acceptors (Lipinski definition) is 3. The molecule has 6 heteroatoms. The molecule has 1 rings (SSSR count). The molecule has 1 aromatic carbocycles. The Labute approximate surface area is 102 Å². The summed E-state index contributed by atoms with van der Waals surface area (Å²) in [6.45, 7) is 1.30. The lowest BCUT2D eigenvalue weighted by atomic mass is 9.99. The van der Waals surface area contributed by atoms with E-state index in [2.05, 4.69) is 4.74 Å². The summed E-state index contributed by atoms with van der Waals surface area (Å²) in [7, 11) is 1.12. The van der Waals surface area contributed by atoms with Gasteiger partial charge in [0.05, 0.1) is 7.11 Å². The average Bonchev–Trinajstić information content (AvgIpc) is 2.33. The summed E-state index contributed by atoms with van der Waals surface area (Å²) in [5, 5.41) is 0. The highest BCUT2D eigenvalue weighted by Gasteiger charge is 2.23. The summed E-state index contributed by atoms with van der Waals surface area (Å²) >= 11 is 0. The summed E-state index contributed by atoms with van der Waals surface area (Å²) in [4.78, 5) is 22.7. The van der Waals surface area contributed by atoms with Crippen molar-refractivity contribution in [2.45, 2.75) is 13.3 Å². The predicted molar refractivity (Wildman–Crippen MR) is 56.2 cm³/mol. The Morgan fingerprint density at radius 1 is 1.17 bits per heavy atom. The van der Waals surface area contributed by atoms with Crippen LogP contribution in [0, 0.1) is 23.4 Å². The van der Waals surface area contributed by atoms with E-state index < -0.39 is 41.5 Å². The summed E-state index contributed by atoms with van der Waals surface area (Å²) in [5.41, 5.74) is -0.297. The summed E-state index contributed by atoms with van der Waals surface area (Å²) in [6, 6.07) is 0.966. The molecule has 0 saturated carbocycles. The summed E-state index contributed by atoms with van der Waals surface area (Å²) < 4.78 is 43.2. The second-order valence-electron chi connectivity index (χ2n) is 3.75. The fourth-order valence-electron chi connectivity index (χ4n) is 1.35. The lowest BCUT2D eigenvalue weighted by molar-refractivity contribution is -0.148. The third kappa shape index (κ3) is 3.09. The number of carbonyl (C=O) groups excluding carboxylic acids is 2. The van der Waals surface area contributed by atoms with Gasteiger partial charge in [0.15, 0.2) is 17.4 Å². The first-order valence-electron chi connectivity index (χ1n) is 5.10. The van der Waals surface area contributed by atoms with Gasteiger partial charge in [0, 0.05) is 12.5 Å². The molecule has 0 aromatic heterocycles. The van der Waals surface area contributed by atoms with Crippen molar-refractivity contribution in [1.82, 2.24) is 0 Å². The molecule has 0 aliphatic rings. The van der Waals surface area contributed by atoms with Crippen LogP contribution in [0.2, 0.25) is 0 Å². The van der Waals surface area contributed by atoms with Crippen LogP contribution in [0.3, 0.4) is 0 Å². The molecule has 0 heterocycles. The first kappa shape index (κ1) is 14.2. The van der Waals surface area contributed by atoms with Gasteiger partial charge in [0.2, 0.25) is 0 Å². The molecular weight excluding hydrogens is 249 g/mol. The summed E-state index contributed by atoms with van der Waals surface area (Å²) in [5.74, 6) is -6.08. The number of halogens is 3. The Morgan fingerprint density at radius 2 is 1.72 bits per heavy atom. The van der Waals surface area contributed by atoms with Gasteiger partial charge in [-0.05, 0) is 18.6 Å². The third-order valence-corrected chi connectivity index (χ3v) is 2.49. The van der Waals surface area contributed by atoms with E-state index in [1.807, 2.05) is 0 Å². The highest BCUT2D eigenvalue weighted by molar-refractivity contribution is 5.99. The Morgan fingerprint density at radius 3 is 2.28 bits per heavy atom. The lowest BCUT2D eigenvalue weighted by Gasteiger charge is -2.09. The molecule has 1 atom stereocenters. The van der Waals surface area contributed by atoms with Gasteiger partial charge in [-0.2, -0.15) is 0 Å². The van der Waals surface area contributed by atoms with Crippen LogP contribution in [0.4, 0.5) is 13.2 Å². The van der Waals surface area contributed by atoms with Crippen LogP contribution in [-0.2, 0) is 20.7 Å². The third-order valence-electron chi connectivity index (χ3n) is 2.49. The van der Waals surface area contributed by atoms with Crippen LogP contribution in [0.5, 0.6) is 0 Å². The highest BCUT2D eigenvalue weighted by atomic mass is 19.2. The van der Waals surface area contributed by atoms with E-state index in [0.29, 0.717) is 12.1 Å². The van der Waals surface area contributed by atoms with Crippen LogP contribution in [0.25, 0.3) is 0 Å². The molecule has 0 bridgehead atoms. The minimum atomic E-state index is -1.33. The van der Waals surface area contributed by atoms with Gasteiger partial charge in [-0.15, -0.1) is 0 Å². The first-order chi connectivity index (χ1) is 8.36. The Bertz CT molecular complexity index is 486. The second kappa shape index (κ2) is 5.66. The van der Waals surface area contributed by atoms with Crippen LogP contribution >= 0.6 is 0 Å². The number of rotatable bonds is 4. The maximum Gasteiger partial charge on any atom is 0.315 e. The molecule has 0 amide bonds. The van der Waals surface area contributed by atoms with E-state index in [-0.39, 0.29) is 5.56 Å². The number of hydrogen-bond donors (Lipinski definition) is 0. The van der Waals surface area contributed by atoms with Crippen molar-refractivity contribution in [2.24, 2.45) is 5.92 Å². The van der Waals surface area contributed by atoms with Crippen molar-refractivity contribution in [2.75, 3.05) is 7.11 Å². The molecule has 0 spiro atoms. The van der Waals surface area contributed by atoms with Crippen molar-refractivity contribution in [3.63, 3.8) is 0 Å². The molecule has 0 fully saturated rings. The second-order valence-corrected chi connectivity index (χ2v) is 3.75. The first-order valence-corrected chi connectivity index (χ1v) is 5.10. The normalized spacial score (nSPS) is 12.1. The Balaban J connectivity index is 2.88. The topological polar surface area (TPSA) is 43.4 Å². The van der Waals surface area contributed by atoms with Gasteiger partial charge >= 0.3 is 5.97 Å². The summed E-state index contributed by atoms with van der Waals surface area (Å²) in [6.07, 6.45) is -0.501. The zero-order valence-corrected chi connectivity index (χ0v) is 9.80. The van der Waals surface area contributed by atoms with Crippen LogP contribution in [0.1, 0.15) is 12.5 Å². The fourth-order valence-corrected chi connectivity index (χ4v) is 1.35. The smallest absolute Gasteiger partial charge is 0.315 e. The number of benzene rings is 1.